The van der Waals surface area contributed by atoms with Gasteiger partial charge in [-0.3, -0.25) is 4.79 Å². The number of rotatable bonds is 1. The van der Waals surface area contributed by atoms with Crippen molar-refractivity contribution in [3.63, 3.8) is 0 Å². The van der Waals surface area contributed by atoms with Gasteiger partial charge in [0.25, 0.3) is 0 Å². The Morgan fingerprint density at radius 3 is 2.95 bits per heavy atom. The largest absolute Gasteiger partial charge is 0.317 e. The molecule has 3 nitrogen and oxygen atoms in total. The van der Waals surface area contributed by atoms with Gasteiger partial charge < -0.3 is 10.6 Å². The van der Waals surface area contributed by atoms with Crippen molar-refractivity contribution in [1.29, 1.82) is 0 Å². The molecule has 1 heterocycles. The van der Waals surface area contributed by atoms with E-state index in [1.807, 2.05) is 17.0 Å². The van der Waals surface area contributed by atoms with Gasteiger partial charge >= 0.3 is 0 Å². The van der Waals surface area contributed by atoms with Crippen LogP contribution in [0.2, 0.25) is 0 Å². The number of anilines is 1. The maximum Gasteiger partial charge on any atom is 0.247 e. The Morgan fingerprint density at radius 1 is 1.35 bits per heavy atom. The lowest BCUT2D eigenvalue weighted by Crippen LogP contribution is -2.58. The van der Waals surface area contributed by atoms with E-state index < -0.39 is 5.54 Å². The molecule has 0 radical (unpaired) electrons. The van der Waals surface area contributed by atoms with E-state index in [1.54, 1.807) is 0 Å². The smallest absolute Gasteiger partial charge is 0.247 e. The monoisotopic (exact) mass is 272 g/mol. The first-order chi connectivity index (χ1) is 9.60. The van der Waals surface area contributed by atoms with E-state index in [-0.39, 0.29) is 5.91 Å². The van der Waals surface area contributed by atoms with Gasteiger partial charge in [0.2, 0.25) is 5.91 Å². The molecule has 2 N–H and O–H groups in total. The van der Waals surface area contributed by atoms with Crippen molar-refractivity contribution in [2.24, 2.45) is 11.7 Å². The van der Waals surface area contributed by atoms with Crippen molar-refractivity contribution < 1.29 is 4.79 Å². The quantitative estimate of drug-likeness (QED) is 0.854. The number of nitrogens with two attached hydrogens (primary N) is 1. The Bertz CT molecular complexity index is 513. The highest BCUT2D eigenvalue weighted by Gasteiger charge is 2.41. The molecule has 3 rings (SSSR count). The van der Waals surface area contributed by atoms with Crippen LogP contribution in [0.5, 0.6) is 0 Å². The number of amides is 1. The molecule has 2 atom stereocenters. The normalized spacial score (nSPS) is 29.9. The SMILES string of the molecule is CC1CCCC(N)(C(=O)N2CCCc3ccccc32)C1. The number of hydrogen-bond donors (Lipinski definition) is 1. The van der Waals surface area contributed by atoms with Crippen LogP contribution in [0.15, 0.2) is 24.3 Å². The molecule has 2 aliphatic rings. The Morgan fingerprint density at radius 2 is 2.15 bits per heavy atom. The fourth-order valence-electron chi connectivity index (χ4n) is 3.80. The van der Waals surface area contributed by atoms with Crippen molar-refractivity contribution in [3.8, 4) is 0 Å². The highest BCUT2D eigenvalue weighted by Crippen LogP contribution is 2.35. The predicted molar refractivity (Wildman–Crippen MR) is 81.7 cm³/mol. The third-order valence-electron chi connectivity index (χ3n) is 4.81. The number of nitrogens with zero attached hydrogens (tertiary/aromatic N) is 1. The predicted octanol–water partition coefficient (Wildman–Crippen LogP) is 2.87. The zero-order valence-corrected chi connectivity index (χ0v) is 12.3. The Kier molecular flexibility index (Phi) is 3.55. The second kappa shape index (κ2) is 5.21. The van der Waals surface area contributed by atoms with E-state index in [9.17, 15) is 4.79 Å². The maximum absolute atomic E-state index is 13.0. The second-order valence-electron chi connectivity index (χ2n) is 6.55. The highest BCUT2D eigenvalue weighted by molar-refractivity contribution is 6.01. The van der Waals surface area contributed by atoms with E-state index in [4.69, 9.17) is 5.73 Å². The minimum Gasteiger partial charge on any atom is -0.317 e. The molecule has 0 bridgehead atoms. The summed E-state index contributed by atoms with van der Waals surface area (Å²) in [6, 6.07) is 8.24. The van der Waals surface area contributed by atoms with Crippen molar-refractivity contribution in [2.75, 3.05) is 11.4 Å². The summed E-state index contributed by atoms with van der Waals surface area (Å²) in [6.07, 6.45) is 6.02. The first kappa shape index (κ1) is 13.6. The average molecular weight is 272 g/mol. The number of hydrogen-bond acceptors (Lipinski definition) is 2. The topological polar surface area (TPSA) is 46.3 Å². The molecule has 0 aromatic heterocycles. The van der Waals surface area contributed by atoms with E-state index in [2.05, 4.69) is 19.1 Å². The van der Waals surface area contributed by atoms with Crippen LogP contribution >= 0.6 is 0 Å². The van der Waals surface area contributed by atoms with Gasteiger partial charge in [-0.2, -0.15) is 0 Å². The zero-order chi connectivity index (χ0) is 14.2. The lowest BCUT2D eigenvalue weighted by atomic mass is 9.76. The average Bonchev–Trinajstić information content (AvgIpc) is 2.45. The van der Waals surface area contributed by atoms with Crippen LogP contribution in [0, 0.1) is 5.92 Å². The van der Waals surface area contributed by atoms with Gasteiger partial charge in [0.05, 0.1) is 5.54 Å². The Hall–Kier alpha value is -1.35. The van der Waals surface area contributed by atoms with Crippen LogP contribution in [0.4, 0.5) is 5.69 Å². The first-order valence-corrected chi connectivity index (χ1v) is 7.79. The number of aryl methyl sites for hydroxylation is 1. The second-order valence-corrected chi connectivity index (χ2v) is 6.55. The Balaban J connectivity index is 1.88. The van der Waals surface area contributed by atoms with Gasteiger partial charge in [-0.15, -0.1) is 0 Å². The van der Waals surface area contributed by atoms with Gasteiger partial charge in [0, 0.05) is 12.2 Å². The molecule has 1 aromatic rings. The Labute approximate surface area is 121 Å². The number of carbonyl (C=O) groups is 1. The van der Waals surface area contributed by atoms with Gasteiger partial charge in [-0.25, -0.2) is 0 Å². The number of benzene rings is 1. The van der Waals surface area contributed by atoms with E-state index in [0.717, 1.165) is 44.3 Å². The number of carbonyl (C=O) groups excluding carboxylic acids is 1. The van der Waals surface area contributed by atoms with Crippen molar-refractivity contribution >= 4 is 11.6 Å². The fourth-order valence-corrected chi connectivity index (χ4v) is 3.80. The maximum atomic E-state index is 13.0. The van der Waals surface area contributed by atoms with Gasteiger partial charge in [0.15, 0.2) is 0 Å². The molecule has 2 unspecified atom stereocenters. The summed E-state index contributed by atoms with van der Waals surface area (Å²) in [6.45, 7) is 3.02. The molecular weight excluding hydrogens is 248 g/mol. The van der Waals surface area contributed by atoms with Crippen LogP contribution in [0.1, 0.15) is 44.6 Å². The summed E-state index contributed by atoms with van der Waals surface area (Å²) in [7, 11) is 0. The molecule has 20 heavy (non-hydrogen) atoms. The van der Waals surface area contributed by atoms with Crippen LogP contribution < -0.4 is 10.6 Å². The zero-order valence-electron chi connectivity index (χ0n) is 12.3. The molecule has 0 spiro atoms. The molecule has 0 saturated heterocycles. The van der Waals surface area contributed by atoms with Crippen LogP contribution in [0.25, 0.3) is 0 Å². The summed E-state index contributed by atoms with van der Waals surface area (Å²) in [5.41, 5.74) is 8.19. The van der Waals surface area contributed by atoms with Gasteiger partial charge in [-0.1, -0.05) is 38.0 Å². The molecule has 3 heteroatoms. The third kappa shape index (κ3) is 2.35. The number of para-hydroxylation sites is 1. The summed E-state index contributed by atoms with van der Waals surface area (Å²) in [5.74, 6) is 0.689. The molecule has 108 valence electrons. The summed E-state index contributed by atoms with van der Waals surface area (Å²) in [5, 5.41) is 0. The molecule has 1 fully saturated rings. The van der Waals surface area contributed by atoms with Gasteiger partial charge in [-0.05, 0) is 43.2 Å². The summed E-state index contributed by atoms with van der Waals surface area (Å²) >= 11 is 0. The fraction of sp³-hybridized carbons (Fsp3) is 0.588. The lowest BCUT2D eigenvalue weighted by molar-refractivity contribution is -0.125. The van der Waals surface area contributed by atoms with Crippen molar-refractivity contribution in [2.45, 2.75) is 51.0 Å². The van der Waals surface area contributed by atoms with Crippen LogP contribution in [0.3, 0.4) is 0 Å². The van der Waals surface area contributed by atoms with E-state index in [0.29, 0.717) is 5.92 Å². The minimum absolute atomic E-state index is 0.135. The van der Waals surface area contributed by atoms with E-state index >= 15 is 0 Å². The summed E-state index contributed by atoms with van der Waals surface area (Å²) < 4.78 is 0. The lowest BCUT2D eigenvalue weighted by Gasteiger charge is -2.40. The first-order valence-electron chi connectivity index (χ1n) is 7.79. The minimum atomic E-state index is -0.651. The summed E-state index contributed by atoms with van der Waals surface area (Å²) in [4.78, 5) is 14.9. The van der Waals surface area contributed by atoms with Crippen molar-refractivity contribution in [3.05, 3.63) is 29.8 Å². The molecular formula is C17H24N2O. The van der Waals surface area contributed by atoms with Crippen LogP contribution in [-0.4, -0.2) is 18.0 Å². The van der Waals surface area contributed by atoms with E-state index in [1.165, 1.54) is 12.0 Å². The molecule has 1 aliphatic carbocycles. The van der Waals surface area contributed by atoms with Crippen molar-refractivity contribution in [1.82, 2.24) is 0 Å². The molecule has 1 aliphatic heterocycles. The molecule has 1 amide bonds. The standard InChI is InChI=1S/C17H24N2O/c1-13-6-4-10-17(18,12-13)16(20)19-11-5-8-14-7-2-3-9-15(14)19/h2-3,7,9,13H,4-6,8,10-12,18H2,1H3. The molecule has 1 aromatic carbocycles. The highest BCUT2D eigenvalue weighted by atomic mass is 16.2. The van der Waals surface area contributed by atoms with Crippen LogP contribution in [-0.2, 0) is 11.2 Å². The third-order valence-corrected chi connectivity index (χ3v) is 4.81. The number of fused-ring (bicyclic) bond motifs is 1. The van der Waals surface area contributed by atoms with Gasteiger partial charge in [0.1, 0.15) is 0 Å². The molecule has 1 saturated carbocycles.